The molecule has 0 aromatic carbocycles. The standard InChI is InChI=1S/C13H18N4O2/c1-8-15-11(14)9-5-6-17(12(9)16-8)7-10(18)19-13(2,3)4/h5-6H,7H2,1-4H3,(H2,14,15,16). The second kappa shape index (κ2) is 4.53. The number of rotatable bonds is 2. The van der Waals surface area contributed by atoms with Crippen molar-refractivity contribution in [2.75, 3.05) is 5.73 Å². The van der Waals surface area contributed by atoms with E-state index in [2.05, 4.69) is 9.97 Å². The molecular weight excluding hydrogens is 244 g/mol. The van der Waals surface area contributed by atoms with Crippen LogP contribution in [-0.2, 0) is 16.1 Å². The SMILES string of the molecule is Cc1nc(N)c2ccn(CC(=O)OC(C)(C)C)c2n1. The summed E-state index contributed by atoms with van der Waals surface area (Å²) in [5.41, 5.74) is 5.98. The summed E-state index contributed by atoms with van der Waals surface area (Å²) in [7, 11) is 0. The second-order valence-corrected chi connectivity index (χ2v) is 5.42. The van der Waals surface area contributed by atoms with Gasteiger partial charge in [-0.05, 0) is 33.8 Å². The van der Waals surface area contributed by atoms with E-state index in [1.54, 1.807) is 23.8 Å². The quantitative estimate of drug-likeness (QED) is 0.832. The van der Waals surface area contributed by atoms with Crippen molar-refractivity contribution in [2.45, 2.75) is 39.8 Å². The lowest BCUT2D eigenvalue weighted by Crippen LogP contribution is -2.26. The summed E-state index contributed by atoms with van der Waals surface area (Å²) in [6.07, 6.45) is 1.76. The van der Waals surface area contributed by atoms with Crippen LogP contribution in [0.15, 0.2) is 12.3 Å². The molecule has 0 bridgehead atoms. The van der Waals surface area contributed by atoms with E-state index in [1.165, 1.54) is 0 Å². The molecule has 19 heavy (non-hydrogen) atoms. The van der Waals surface area contributed by atoms with E-state index in [0.717, 1.165) is 5.39 Å². The Bertz CT molecular complexity index is 625. The van der Waals surface area contributed by atoms with Gasteiger partial charge in [0, 0.05) is 6.20 Å². The van der Waals surface area contributed by atoms with Crippen LogP contribution in [-0.4, -0.2) is 26.1 Å². The number of hydrogen-bond acceptors (Lipinski definition) is 5. The van der Waals surface area contributed by atoms with Gasteiger partial charge in [0.15, 0.2) is 0 Å². The lowest BCUT2D eigenvalue weighted by atomic mass is 10.2. The number of aromatic nitrogens is 3. The second-order valence-electron chi connectivity index (χ2n) is 5.42. The molecule has 2 heterocycles. The molecule has 2 aromatic heterocycles. The molecule has 102 valence electrons. The van der Waals surface area contributed by atoms with Crippen molar-refractivity contribution >= 4 is 22.8 Å². The molecule has 0 spiro atoms. The topological polar surface area (TPSA) is 83.0 Å². The number of anilines is 1. The average Bonchev–Trinajstić information content (AvgIpc) is 2.58. The summed E-state index contributed by atoms with van der Waals surface area (Å²) >= 11 is 0. The van der Waals surface area contributed by atoms with Gasteiger partial charge >= 0.3 is 5.97 Å². The Morgan fingerprint density at radius 2 is 2.11 bits per heavy atom. The number of nitrogen functional groups attached to an aromatic ring is 1. The number of hydrogen-bond donors (Lipinski definition) is 1. The van der Waals surface area contributed by atoms with Crippen LogP contribution in [0.3, 0.4) is 0 Å². The number of carbonyl (C=O) groups is 1. The van der Waals surface area contributed by atoms with Gasteiger partial charge in [0.1, 0.15) is 29.4 Å². The van der Waals surface area contributed by atoms with Gasteiger partial charge < -0.3 is 15.0 Å². The summed E-state index contributed by atoms with van der Waals surface area (Å²) in [6, 6.07) is 1.80. The molecule has 0 amide bonds. The maximum Gasteiger partial charge on any atom is 0.326 e. The highest BCUT2D eigenvalue weighted by atomic mass is 16.6. The predicted octanol–water partition coefficient (Wildman–Crippen LogP) is 1.66. The highest BCUT2D eigenvalue weighted by Crippen LogP contribution is 2.19. The van der Waals surface area contributed by atoms with Crippen molar-refractivity contribution in [3.63, 3.8) is 0 Å². The number of nitrogens with zero attached hydrogens (tertiary/aromatic N) is 3. The van der Waals surface area contributed by atoms with E-state index in [9.17, 15) is 4.79 Å². The molecule has 0 saturated heterocycles. The lowest BCUT2D eigenvalue weighted by Gasteiger charge is -2.19. The van der Waals surface area contributed by atoms with Gasteiger partial charge in [-0.2, -0.15) is 0 Å². The molecule has 2 aromatic rings. The Hall–Kier alpha value is -2.11. The fourth-order valence-corrected chi connectivity index (χ4v) is 1.84. The summed E-state index contributed by atoms with van der Waals surface area (Å²) < 4.78 is 7.00. The molecule has 0 fully saturated rings. The van der Waals surface area contributed by atoms with Crippen molar-refractivity contribution in [3.05, 3.63) is 18.1 Å². The minimum atomic E-state index is -0.496. The largest absolute Gasteiger partial charge is 0.459 e. The Kier molecular flexibility index (Phi) is 3.18. The minimum Gasteiger partial charge on any atom is -0.459 e. The summed E-state index contributed by atoms with van der Waals surface area (Å²) in [5, 5.41) is 0.745. The van der Waals surface area contributed by atoms with Crippen LogP contribution in [0.4, 0.5) is 5.82 Å². The first-order valence-electron chi connectivity index (χ1n) is 6.07. The third-order valence-electron chi connectivity index (χ3n) is 2.48. The summed E-state index contributed by atoms with van der Waals surface area (Å²) in [4.78, 5) is 20.2. The molecule has 6 nitrogen and oxygen atoms in total. The van der Waals surface area contributed by atoms with Gasteiger partial charge in [-0.3, -0.25) is 4.79 Å². The van der Waals surface area contributed by atoms with Crippen LogP contribution in [0.5, 0.6) is 0 Å². The van der Waals surface area contributed by atoms with Gasteiger partial charge in [0.05, 0.1) is 5.39 Å². The molecule has 2 N–H and O–H groups in total. The lowest BCUT2D eigenvalue weighted by molar-refractivity contribution is -0.155. The zero-order chi connectivity index (χ0) is 14.2. The highest BCUT2D eigenvalue weighted by molar-refractivity contribution is 5.87. The molecule has 6 heteroatoms. The minimum absolute atomic E-state index is 0.108. The fourth-order valence-electron chi connectivity index (χ4n) is 1.84. The number of ether oxygens (including phenoxy) is 1. The monoisotopic (exact) mass is 262 g/mol. The number of aryl methyl sites for hydroxylation is 1. The molecule has 0 atom stereocenters. The fraction of sp³-hybridized carbons (Fsp3) is 0.462. The van der Waals surface area contributed by atoms with Gasteiger partial charge in [0.25, 0.3) is 0 Å². The third-order valence-corrected chi connectivity index (χ3v) is 2.48. The van der Waals surface area contributed by atoms with Crippen LogP contribution < -0.4 is 5.73 Å². The van der Waals surface area contributed by atoms with Gasteiger partial charge in [-0.15, -0.1) is 0 Å². The maximum atomic E-state index is 11.8. The number of fused-ring (bicyclic) bond motifs is 1. The average molecular weight is 262 g/mol. The van der Waals surface area contributed by atoms with E-state index in [1.807, 2.05) is 20.8 Å². The molecule has 0 unspecified atom stereocenters. The van der Waals surface area contributed by atoms with Crippen LogP contribution in [0.25, 0.3) is 11.0 Å². The van der Waals surface area contributed by atoms with Crippen molar-refractivity contribution < 1.29 is 9.53 Å². The smallest absolute Gasteiger partial charge is 0.326 e. The van der Waals surface area contributed by atoms with Gasteiger partial charge in [-0.25, -0.2) is 9.97 Å². The molecule has 0 saturated carbocycles. The van der Waals surface area contributed by atoms with Crippen molar-refractivity contribution in [2.24, 2.45) is 0 Å². The Morgan fingerprint density at radius 3 is 2.74 bits per heavy atom. The zero-order valence-corrected chi connectivity index (χ0v) is 11.6. The molecule has 0 aliphatic carbocycles. The highest BCUT2D eigenvalue weighted by Gasteiger charge is 2.17. The Morgan fingerprint density at radius 1 is 1.42 bits per heavy atom. The van der Waals surface area contributed by atoms with Crippen LogP contribution in [0.1, 0.15) is 26.6 Å². The van der Waals surface area contributed by atoms with Crippen LogP contribution >= 0.6 is 0 Å². The normalized spacial score (nSPS) is 11.8. The van der Waals surface area contributed by atoms with Crippen LogP contribution in [0, 0.1) is 6.92 Å². The number of nitrogens with two attached hydrogens (primary N) is 1. The number of esters is 1. The Balaban J connectivity index is 2.29. The van der Waals surface area contributed by atoms with Gasteiger partial charge in [-0.1, -0.05) is 0 Å². The van der Waals surface area contributed by atoms with E-state index >= 15 is 0 Å². The molecule has 0 radical (unpaired) electrons. The first kappa shape index (κ1) is 13.3. The van der Waals surface area contributed by atoms with Gasteiger partial charge in [0.2, 0.25) is 0 Å². The summed E-state index contributed by atoms with van der Waals surface area (Å²) in [6.45, 7) is 7.38. The predicted molar refractivity (Wildman–Crippen MR) is 72.5 cm³/mol. The third kappa shape index (κ3) is 3.01. The van der Waals surface area contributed by atoms with Crippen molar-refractivity contribution in [1.29, 1.82) is 0 Å². The number of carbonyl (C=O) groups excluding carboxylic acids is 1. The van der Waals surface area contributed by atoms with E-state index in [0.29, 0.717) is 17.3 Å². The van der Waals surface area contributed by atoms with E-state index < -0.39 is 5.60 Å². The van der Waals surface area contributed by atoms with E-state index in [4.69, 9.17) is 10.5 Å². The van der Waals surface area contributed by atoms with Crippen molar-refractivity contribution in [3.8, 4) is 0 Å². The van der Waals surface area contributed by atoms with Crippen molar-refractivity contribution in [1.82, 2.24) is 14.5 Å². The van der Waals surface area contributed by atoms with E-state index in [-0.39, 0.29) is 12.5 Å². The first-order valence-corrected chi connectivity index (χ1v) is 6.07. The molecular formula is C13H18N4O2. The zero-order valence-electron chi connectivity index (χ0n) is 11.6. The maximum absolute atomic E-state index is 11.8. The summed E-state index contributed by atoms with van der Waals surface area (Å²) in [5.74, 6) is 0.694. The molecule has 0 aliphatic heterocycles. The molecule has 2 rings (SSSR count). The Labute approximate surface area is 111 Å². The molecule has 0 aliphatic rings. The van der Waals surface area contributed by atoms with Crippen LogP contribution in [0.2, 0.25) is 0 Å². The first-order chi connectivity index (χ1) is 8.76.